The van der Waals surface area contributed by atoms with Crippen LogP contribution in [0.15, 0.2) is 0 Å². The molecule has 2 N–H and O–H groups in total. The minimum absolute atomic E-state index is 0.211. The first-order valence-electron chi connectivity index (χ1n) is 6.46. The van der Waals surface area contributed by atoms with Crippen LogP contribution >= 0.6 is 0 Å². The van der Waals surface area contributed by atoms with E-state index in [0.717, 1.165) is 23.9 Å². The number of aliphatic hydroxyl groups is 1. The third-order valence-corrected chi connectivity index (χ3v) is 4.28. The van der Waals surface area contributed by atoms with Gasteiger partial charge in [-0.2, -0.15) is 5.06 Å². The summed E-state index contributed by atoms with van der Waals surface area (Å²) >= 11 is 0. The summed E-state index contributed by atoms with van der Waals surface area (Å²) in [6.45, 7) is 9.31. The van der Waals surface area contributed by atoms with Crippen molar-refractivity contribution in [2.45, 2.75) is 57.7 Å². The zero-order valence-corrected chi connectivity index (χ0v) is 12.2. The Morgan fingerprint density at radius 3 is 1.88 bits per heavy atom. The van der Waals surface area contributed by atoms with Crippen molar-refractivity contribution in [2.24, 2.45) is 0 Å². The number of hydrogen-bond donors (Lipinski definition) is 2. The Kier molecular flexibility index (Phi) is 3.94. The van der Waals surface area contributed by atoms with Gasteiger partial charge in [-0.3, -0.25) is 0 Å². The maximum absolute atomic E-state index is 10.3. The minimum Gasteiger partial charge on any atom is -0.391 e. The summed E-state index contributed by atoms with van der Waals surface area (Å²) in [5.41, 5.74) is -0.422. The molecule has 0 saturated carbocycles. The molecule has 0 radical (unpaired) electrons. The summed E-state index contributed by atoms with van der Waals surface area (Å²) in [6.07, 6.45) is 1.89. The molecule has 4 nitrogen and oxygen atoms in total. The maximum Gasteiger partial charge on any atom is 0.102 e. The Morgan fingerprint density at radius 2 is 1.53 bits per heavy atom. The van der Waals surface area contributed by atoms with Gasteiger partial charge in [0.05, 0.1) is 26.7 Å². The highest BCUT2D eigenvalue weighted by molar-refractivity contribution is 4.96. The van der Waals surface area contributed by atoms with Gasteiger partial charge in [-0.25, -0.2) is 0 Å². The Bertz CT molecular complexity index is 257. The molecule has 0 aromatic heterocycles. The molecular formula is C13H29N2O2+. The van der Waals surface area contributed by atoms with Crippen LogP contribution in [-0.2, 0) is 0 Å². The van der Waals surface area contributed by atoms with Crippen LogP contribution in [0, 0.1) is 0 Å². The van der Waals surface area contributed by atoms with Crippen molar-refractivity contribution >= 4 is 0 Å². The summed E-state index contributed by atoms with van der Waals surface area (Å²) in [7, 11) is 4.33. The van der Waals surface area contributed by atoms with E-state index in [-0.39, 0.29) is 17.7 Å². The first kappa shape index (κ1) is 14.9. The molecule has 0 amide bonds. The highest BCUT2D eigenvalue weighted by atomic mass is 16.5. The number of likely N-dealkylation sites (N-methyl/N-ethyl adjacent to an activating group) is 1. The number of rotatable bonds is 3. The van der Waals surface area contributed by atoms with Gasteiger partial charge in [0, 0.05) is 23.9 Å². The fourth-order valence-electron chi connectivity index (χ4n) is 3.15. The van der Waals surface area contributed by atoms with Crippen molar-refractivity contribution in [1.29, 1.82) is 0 Å². The van der Waals surface area contributed by atoms with Crippen LogP contribution in [0.25, 0.3) is 0 Å². The van der Waals surface area contributed by atoms with E-state index in [1.165, 1.54) is 5.06 Å². The van der Waals surface area contributed by atoms with Crippen molar-refractivity contribution < 1.29 is 14.8 Å². The largest absolute Gasteiger partial charge is 0.391 e. The maximum atomic E-state index is 10.3. The van der Waals surface area contributed by atoms with Gasteiger partial charge in [0.1, 0.15) is 6.54 Å². The van der Waals surface area contributed by atoms with Gasteiger partial charge in [0.25, 0.3) is 0 Å². The average molecular weight is 245 g/mol. The van der Waals surface area contributed by atoms with Crippen LogP contribution in [0.3, 0.4) is 0 Å². The van der Waals surface area contributed by atoms with Gasteiger partial charge in [0.2, 0.25) is 0 Å². The fourth-order valence-corrected chi connectivity index (χ4v) is 3.15. The van der Waals surface area contributed by atoms with Crippen LogP contribution in [0.1, 0.15) is 40.5 Å². The number of aliphatic hydroxyl groups excluding tert-OH is 1. The van der Waals surface area contributed by atoms with Gasteiger partial charge in [-0.1, -0.05) is 0 Å². The van der Waals surface area contributed by atoms with Crippen LogP contribution in [0.4, 0.5) is 0 Å². The molecule has 1 fully saturated rings. The lowest BCUT2D eigenvalue weighted by molar-refractivity contribution is -0.918. The second-order valence-electron chi connectivity index (χ2n) is 7.22. The summed E-state index contributed by atoms with van der Waals surface area (Å²) in [6, 6.07) is 0.468. The van der Waals surface area contributed by atoms with E-state index in [1.807, 2.05) is 0 Å². The summed E-state index contributed by atoms with van der Waals surface area (Å²) in [4.78, 5) is 0. The van der Waals surface area contributed by atoms with Crippen LogP contribution in [0.2, 0.25) is 0 Å². The van der Waals surface area contributed by atoms with Gasteiger partial charge in [-0.15, -0.1) is 0 Å². The van der Waals surface area contributed by atoms with Crippen LogP contribution in [-0.4, -0.2) is 64.2 Å². The van der Waals surface area contributed by atoms with E-state index in [4.69, 9.17) is 5.11 Å². The van der Waals surface area contributed by atoms with E-state index in [1.54, 1.807) is 0 Å². The average Bonchev–Trinajstić information content (AvgIpc) is 2.13. The number of nitrogens with zero attached hydrogens (tertiary/aromatic N) is 2. The van der Waals surface area contributed by atoms with Gasteiger partial charge >= 0.3 is 0 Å². The lowest BCUT2D eigenvalue weighted by Crippen LogP contribution is -2.66. The number of hydrogen-bond acceptors (Lipinski definition) is 3. The molecule has 0 aromatic carbocycles. The van der Waals surface area contributed by atoms with Crippen molar-refractivity contribution in [3.63, 3.8) is 0 Å². The highest BCUT2D eigenvalue weighted by Gasteiger charge is 2.49. The summed E-state index contributed by atoms with van der Waals surface area (Å²) in [5.74, 6) is 0. The van der Waals surface area contributed by atoms with Crippen molar-refractivity contribution in [3.8, 4) is 0 Å². The van der Waals surface area contributed by atoms with E-state index in [2.05, 4.69) is 41.8 Å². The molecule has 17 heavy (non-hydrogen) atoms. The fraction of sp³-hybridized carbons (Fsp3) is 1.00. The molecule has 0 unspecified atom stereocenters. The molecule has 0 bridgehead atoms. The Morgan fingerprint density at radius 1 is 1.12 bits per heavy atom. The van der Waals surface area contributed by atoms with Crippen molar-refractivity contribution in [1.82, 2.24) is 5.06 Å². The van der Waals surface area contributed by atoms with E-state index in [0.29, 0.717) is 6.04 Å². The third kappa shape index (κ3) is 2.99. The molecule has 0 spiro atoms. The number of piperidine rings is 1. The molecule has 1 aliphatic heterocycles. The first-order chi connectivity index (χ1) is 7.53. The summed E-state index contributed by atoms with van der Waals surface area (Å²) in [5, 5.41) is 20.9. The van der Waals surface area contributed by atoms with Crippen LogP contribution < -0.4 is 0 Å². The second kappa shape index (κ2) is 4.50. The normalized spacial score (nSPS) is 26.1. The predicted molar refractivity (Wildman–Crippen MR) is 68.9 cm³/mol. The Hall–Kier alpha value is -0.160. The zero-order valence-electron chi connectivity index (χ0n) is 12.2. The number of hydroxylamine groups is 2. The van der Waals surface area contributed by atoms with Gasteiger partial charge in [-0.05, 0) is 27.7 Å². The molecule has 1 aliphatic rings. The highest BCUT2D eigenvalue weighted by Crippen LogP contribution is 2.39. The smallest absolute Gasteiger partial charge is 0.102 e. The molecule has 1 rings (SSSR count). The monoisotopic (exact) mass is 245 g/mol. The van der Waals surface area contributed by atoms with E-state index < -0.39 is 0 Å². The SMILES string of the molecule is CC1(C)CC([N+](C)(C)CCO)CC(C)(C)N1O. The predicted octanol–water partition coefficient (Wildman–Crippen LogP) is 1.47. The lowest BCUT2D eigenvalue weighted by Gasteiger charge is -2.54. The molecule has 0 aromatic rings. The molecule has 1 saturated heterocycles. The van der Waals surface area contributed by atoms with E-state index in [9.17, 15) is 5.21 Å². The molecule has 102 valence electrons. The number of quaternary nitrogens is 1. The topological polar surface area (TPSA) is 43.7 Å². The van der Waals surface area contributed by atoms with Crippen LogP contribution in [0.5, 0.6) is 0 Å². The van der Waals surface area contributed by atoms with Crippen molar-refractivity contribution in [3.05, 3.63) is 0 Å². The van der Waals surface area contributed by atoms with Gasteiger partial charge in [0.15, 0.2) is 0 Å². The third-order valence-electron chi connectivity index (χ3n) is 4.28. The first-order valence-corrected chi connectivity index (χ1v) is 6.46. The Balaban J connectivity index is 2.92. The lowest BCUT2D eigenvalue weighted by atomic mass is 9.77. The summed E-state index contributed by atoms with van der Waals surface area (Å²) < 4.78 is 0.817. The van der Waals surface area contributed by atoms with Crippen molar-refractivity contribution in [2.75, 3.05) is 27.2 Å². The molecule has 1 heterocycles. The Labute approximate surface area is 105 Å². The molecular weight excluding hydrogens is 216 g/mol. The van der Waals surface area contributed by atoms with E-state index >= 15 is 0 Å². The molecule has 0 atom stereocenters. The molecule has 4 heteroatoms. The quantitative estimate of drug-likeness (QED) is 0.740. The minimum atomic E-state index is -0.211. The van der Waals surface area contributed by atoms with Gasteiger partial charge < -0.3 is 14.8 Å². The molecule has 0 aliphatic carbocycles. The zero-order chi connectivity index (χ0) is 13.5. The second-order valence-corrected chi connectivity index (χ2v) is 7.22. The standard InChI is InChI=1S/C13H29N2O2/c1-12(2)9-11(15(5,6)7-8-16)10-13(3,4)14(12)17/h11,16-17H,7-10H2,1-6H3/q+1.